The van der Waals surface area contributed by atoms with E-state index in [1.807, 2.05) is 0 Å². The largest absolute Gasteiger partial charge is 0.328 e. The molecule has 4 nitrogen and oxygen atoms in total. The molecule has 0 bridgehead atoms. The topological polar surface area (TPSA) is 63.4 Å². The molecule has 0 saturated carbocycles. The summed E-state index contributed by atoms with van der Waals surface area (Å²) in [7, 11) is -3.90. The lowest BCUT2D eigenvalue weighted by Gasteiger charge is -2.29. The smallest absolute Gasteiger partial charge is 0.245 e. The van der Waals surface area contributed by atoms with Crippen LogP contribution in [0.3, 0.4) is 0 Å². The van der Waals surface area contributed by atoms with Crippen molar-refractivity contribution in [2.45, 2.75) is 23.8 Å². The fourth-order valence-electron chi connectivity index (χ4n) is 1.94. The van der Waals surface area contributed by atoms with Gasteiger partial charge in [-0.05, 0) is 25.0 Å². The number of hydrogen-bond donors (Lipinski definition) is 1. The Hall–Kier alpha value is -0.760. The Morgan fingerprint density at radius 2 is 1.79 bits per heavy atom. The number of nitrogens with two attached hydrogens (primary N) is 1. The van der Waals surface area contributed by atoms with Gasteiger partial charge < -0.3 is 5.73 Å². The summed E-state index contributed by atoms with van der Waals surface area (Å²) in [6.07, 6.45) is 1.09. The average Bonchev–Trinajstić information content (AvgIpc) is 2.29. The number of halogens is 3. The van der Waals surface area contributed by atoms with Crippen LogP contribution in [0, 0.1) is 11.6 Å². The first-order valence-electron chi connectivity index (χ1n) is 5.62. The maximum atomic E-state index is 13.5. The molecule has 108 valence electrons. The van der Waals surface area contributed by atoms with E-state index in [4.69, 9.17) is 5.73 Å². The molecular weight excluding hydrogens is 298 g/mol. The molecular formula is C11H15ClF2N2O2S. The van der Waals surface area contributed by atoms with Crippen LogP contribution in [0.2, 0.25) is 0 Å². The van der Waals surface area contributed by atoms with Crippen LogP contribution in [0.15, 0.2) is 23.1 Å². The van der Waals surface area contributed by atoms with Gasteiger partial charge in [-0.3, -0.25) is 0 Å². The third-order valence-corrected chi connectivity index (χ3v) is 4.94. The average molecular weight is 313 g/mol. The van der Waals surface area contributed by atoms with E-state index in [9.17, 15) is 17.2 Å². The lowest BCUT2D eigenvalue weighted by atomic mass is 10.1. The normalized spacial score (nSPS) is 18.1. The molecule has 1 saturated heterocycles. The summed E-state index contributed by atoms with van der Waals surface area (Å²) in [5, 5.41) is 0. The molecule has 1 fully saturated rings. The van der Waals surface area contributed by atoms with Gasteiger partial charge in [0.1, 0.15) is 16.5 Å². The van der Waals surface area contributed by atoms with Crippen LogP contribution in [0.1, 0.15) is 12.8 Å². The highest BCUT2D eigenvalue weighted by atomic mass is 35.5. The molecule has 1 aliphatic heterocycles. The molecule has 0 atom stereocenters. The van der Waals surface area contributed by atoms with Gasteiger partial charge in [-0.25, -0.2) is 17.2 Å². The summed E-state index contributed by atoms with van der Waals surface area (Å²) in [6, 6.07) is 2.44. The van der Waals surface area contributed by atoms with Crippen molar-refractivity contribution in [2.24, 2.45) is 5.73 Å². The second-order valence-corrected chi connectivity index (χ2v) is 6.22. The van der Waals surface area contributed by atoms with Gasteiger partial charge >= 0.3 is 0 Å². The second kappa shape index (κ2) is 6.13. The van der Waals surface area contributed by atoms with E-state index in [0.29, 0.717) is 18.9 Å². The first-order valence-corrected chi connectivity index (χ1v) is 7.06. The van der Waals surface area contributed by atoms with Gasteiger partial charge in [0.15, 0.2) is 0 Å². The van der Waals surface area contributed by atoms with Crippen molar-refractivity contribution in [3.8, 4) is 0 Å². The number of benzene rings is 1. The van der Waals surface area contributed by atoms with Crippen molar-refractivity contribution in [1.29, 1.82) is 0 Å². The number of piperidine rings is 1. The molecule has 0 aliphatic carbocycles. The van der Waals surface area contributed by atoms with Crippen LogP contribution in [0.25, 0.3) is 0 Å². The zero-order chi connectivity index (χ0) is 13.3. The zero-order valence-corrected chi connectivity index (χ0v) is 11.7. The number of rotatable bonds is 2. The molecule has 0 unspecified atom stereocenters. The molecule has 1 aromatic rings. The van der Waals surface area contributed by atoms with E-state index in [2.05, 4.69) is 0 Å². The lowest BCUT2D eigenvalue weighted by Crippen LogP contribution is -2.43. The summed E-state index contributed by atoms with van der Waals surface area (Å²) in [6.45, 7) is 0.528. The summed E-state index contributed by atoms with van der Waals surface area (Å²) in [5.41, 5.74) is 5.68. The summed E-state index contributed by atoms with van der Waals surface area (Å²) in [4.78, 5) is -0.487. The lowest BCUT2D eigenvalue weighted by molar-refractivity contribution is 0.319. The van der Waals surface area contributed by atoms with E-state index in [1.165, 1.54) is 4.31 Å². The van der Waals surface area contributed by atoms with E-state index >= 15 is 0 Å². The van der Waals surface area contributed by atoms with E-state index in [-0.39, 0.29) is 31.5 Å². The van der Waals surface area contributed by atoms with Crippen LogP contribution >= 0.6 is 12.4 Å². The zero-order valence-electron chi connectivity index (χ0n) is 10.1. The van der Waals surface area contributed by atoms with Crippen molar-refractivity contribution in [3.05, 3.63) is 29.8 Å². The fraction of sp³-hybridized carbons (Fsp3) is 0.455. The Bertz CT molecular complexity index is 546. The van der Waals surface area contributed by atoms with Gasteiger partial charge in [-0.2, -0.15) is 4.31 Å². The third kappa shape index (κ3) is 3.42. The van der Waals surface area contributed by atoms with Gasteiger partial charge in [0.2, 0.25) is 10.0 Å². The van der Waals surface area contributed by atoms with Crippen LogP contribution in [0.5, 0.6) is 0 Å². The quantitative estimate of drug-likeness (QED) is 0.900. The predicted octanol–water partition coefficient (Wildman–Crippen LogP) is 1.50. The van der Waals surface area contributed by atoms with Crippen LogP contribution in [-0.4, -0.2) is 31.9 Å². The standard InChI is InChI=1S/C11H14F2N2O2S.ClH/c12-8-1-2-11(10(13)7-8)18(16,17)15-5-3-9(14)4-6-15;/h1-2,7,9H,3-6,14H2;1H. The predicted molar refractivity (Wildman–Crippen MR) is 69.6 cm³/mol. The number of nitrogens with zero attached hydrogens (tertiary/aromatic N) is 1. The minimum Gasteiger partial charge on any atom is -0.328 e. The maximum Gasteiger partial charge on any atom is 0.245 e. The molecule has 0 aromatic heterocycles. The third-order valence-electron chi connectivity index (χ3n) is 3.01. The summed E-state index contributed by atoms with van der Waals surface area (Å²) >= 11 is 0. The van der Waals surface area contributed by atoms with Crippen molar-refractivity contribution in [2.75, 3.05) is 13.1 Å². The fourth-order valence-corrected chi connectivity index (χ4v) is 3.45. The van der Waals surface area contributed by atoms with Crippen molar-refractivity contribution < 1.29 is 17.2 Å². The van der Waals surface area contributed by atoms with Crippen LogP contribution < -0.4 is 5.73 Å². The molecule has 1 heterocycles. The van der Waals surface area contributed by atoms with Crippen LogP contribution in [-0.2, 0) is 10.0 Å². The van der Waals surface area contributed by atoms with Gasteiger partial charge in [-0.1, -0.05) is 0 Å². The Morgan fingerprint density at radius 1 is 1.21 bits per heavy atom. The minimum absolute atomic E-state index is 0. The molecule has 0 amide bonds. The van der Waals surface area contributed by atoms with E-state index < -0.39 is 26.6 Å². The highest BCUT2D eigenvalue weighted by Gasteiger charge is 2.30. The Morgan fingerprint density at radius 3 is 2.32 bits per heavy atom. The molecule has 0 radical (unpaired) electrons. The van der Waals surface area contributed by atoms with Gasteiger partial charge in [0.05, 0.1) is 0 Å². The van der Waals surface area contributed by atoms with Crippen LogP contribution in [0.4, 0.5) is 8.78 Å². The highest BCUT2D eigenvalue weighted by Crippen LogP contribution is 2.22. The first kappa shape index (κ1) is 16.3. The number of sulfonamides is 1. The number of hydrogen-bond acceptors (Lipinski definition) is 3. The summed E-state index contributed by atoms with van der Waals surface area (Å²) in [5.74, 6) is -1.86. The molecule has 0 spiro atoms. The molecule has 8 heteroatoms. The van der Waals surface area contributed by atoms with Gasteiger partial charge in [0.25, 0.3) is 0 Å². The molecule has 1 aromatic carbocycles. The molecule has 1 aliphatic rings. The Labute approximate surface area is 117 Å². The Kier molecular flexibility index (Phi) is 5.26. The minimum atomic E-state index is -3.90. The summed E-state index contributed by atoms with van der Waals surface area (Å²) < 4.78 is 51.8. The van der Waals surface area contributed by atoms with Crippen molar-refractivity contribution >= 4 is 22.4 Å². The monoisotopic (exact) mass is 312 g/mol. The van der Waals surface area contributed by atoms with E-state index in [0.717, 1.165) is 12.1 Å². The van der Waals surface area contributed by atoms with Gasteiger partial charge in [-0.15, -0.1) is 12.4 Å². The molecule has 19 heavy (non-hydrogen) atoms. The maximum absolute atomic E-state index is 13.5. The second-order valence-electron chi connectivity index (χ2n) is 4.32. The SMILES string of the molecule is Cl.NC1CCN(S(=O)(=O)c2ccc(F)cc2F)CC1. The molecule has 2 rings (SSSR count). The van der Waals surface area contributed by atoms with Crippen molar-refractivity contribution in [3.63, 3.8) is 0 Å². The Balaban J connectivity index is 0.00000180. The van der Waals surface area contributed by atoms with E-state index in [1.54, 1.807) is 0 Å². The van der Waals surface area contributed by atoms with Crippen molar-refractivity contribution in [1.82, 2.24) is 4.31 Å². The van der Waals surface area contributed by atoms with Gasteiger partial charge in [0, 0.05) is 25.2 Å². The first-order chi connectivity index (χ1) is 8.41. The highest BCUT2D eigenvalue weighted by molar-refractivity contribution is 7.89. The molecule has 2 N–H and O–H groups in total.